The van der Waals surface area contributed by atoms with Crippen LogP contribution in [0.4, 0.5) is 0 Å². The molecule has 2 heterocycles. The Hall–Kier alpha value is -1.68. The van der Waals surface area contributed by atoms with Gasteiger partial charge in [-0.1, -0.05) is 36.4 Å². The second-order valence-electron chi connectivity index (χ2n) is 3.70. The quantitative estimate of drug-likeness (QED) is 0.781. The molecular weight excluding hydrogens is 278 g/mol. The van der Waals surface area contributed by atoms with Gasteiger partial charge in [0, 0.05) is 6.20 Å². The highest BCUT2D eigenvalue weighted by Gasteiger charge is 2.16. The number of halogens is 1. The van der Waals surface area contributed by atoms with Crippen LogP contribution in [0.5, 0.6) is 0 Å². The average Bonchev–Trinajstić information content (AvgIpc) is 2.39. The van der Waals surface area contributed by atoms with Crippen molar-refractivity contribution in [2.75, 3.05) is 6.54 Å². The first-order valence-electron chi connectivity index (χ1n) is 5.25. The minimum Gasteiger partial charge on any atom is -0.325 e. The number of hydrogen-bond donors (Lipinski definition) is 0. The molecule has 0 amide bonds. The first kappa shape index (κ1) is 11.8. The van der Waals surface area contributed by atoms with E-state index in [9.17, 15) is 0 Å². The van der Waals surface area contributed by atoms with E-state index in [4.69, 9.17) is 0 Å². The summed E-state index contributed by atoms with van der Waals surface area (Å²) >= 11 is 0. The van der Waals surface area contributed by atoms with Crippen LogP contribution in [0.2, 0.25) is 0 Å². The van der Waals surface area contributed by atoms with Crippen molar-refractivity contribution in [3.05, 3.63) is 60.3 Å². The number of rotatable bonds is 1. The number of benzene rings is 1. The van der Waals surface area contributed by atoms with Crippen LogP contribution in [0.15, 0.2) is 65.0 Å². The minimum absolute atomic E-state index is 0. The zero-order valence-electron chi connectivity index (χ0n) is 9.15. The van der Waals surface area contributed by atoms with Crippen LogP contribution in [0.3, 0.4) is 0 Å². The van der Waals surface area contributed by atoms with Crippen molar-refractivity contribution < 1.29 is 0 Å². The predicted octanol–water partition coefficient (Wildman–Crippen LogP) is 2.77. The molecule has 3 rings (SSSR count). The zero-order valence-corrected chi connectivity index (χ0v) is 10.9. The minimum atomic E-state index is 0. The van der Waals surface area contributed by atoms with Crippen LogP contribution in [-0.2, 0) is 0 Å². The Labute approximate surface area is 111 Å². The van der Waals surface area contributed by atoms with E-state index in [1.54, 1.807) is 0 Å². The summed E-state index contributed by atoms with van der Waals surface area (Å²) in [5, 5.41) is 8.46. The molecule has 0 N–H and O–H groups in total. The lowest BCUT2D eigenvalue weighted by atomic mass is 10.1. The summed E-state index contributed by atoms with van der Waals surface area (Å²) in [5.41, 5.74) is 2.14. The maximum absolute atomic E-state index is 4.26. The standard InChI is InChI=1S/C13H11N3.BrH/c1-2-6-11(7-3-1)12-10-16-9-5-4-8-13(16)15-14-12;/h1-9H,10H2;1H. The number of nitrogens with zero attached hydrogens (tertiary/aromatic N) is 3. The molecule has 0 saturated carbocycles. The first-order valence-corrected chi connectivity index (χ1v) is 5.25. The van der Waals surface area contributed by atoms with E-state index in [-0.39, 0.29) is 17.0 Å². The van der Waals surface area contributed by atoms with Gasteiger partial charge in [0.2, 0.25) is 0 Å². The number of amidine groups is 1. The molecule has 0 aliphatic carbocycles. The third kappa shape index (κ3) is 2.36. The number of hydrogen-bond acceptors (Lipinski definition) is 3. The third-order valence-corrected chi connectivity index (χ3v) is 2.62. The van der Waals surface area contributed by atoms with E-state index < -0.39 is 0 Å². The van der Waals surface area contributed by atoms with Gasteiger partial charge in [0.25, 0.3) is 0 Å². The largest absolute Gasteiger partial charge is 0.325 e. The van der Waals surface area contributed by atoms with Crippen LogP contribution in [0.1, 0.15) is 5.56 Å². The lowest BCUT2D eigenvalue weighted by Crippen LogP contribution is -2.34. The SMILES string of the molecule is Br.C1=CC2=NN=C(c3ccccc3)CN2C=C1. The van der Waals surface area contributed by atoms with Gasteiger partial charge in [-0.15, -0.1) is 22.1 Å². The Bertz CT molecular complexity index is 515. The van der Waals surface area contributed by atoms with Gasteiger partial charge >= 0.3 is 0 Å². The fourth-order valence-electron chi connectivity index (χ4n) is 1.78. The second-order valence-corrected chi connectivity index (χ2v) is 3.70. The summed E-state index contributed by atoms with van der Waals surface area (Å²) in [6.07, 6.45) is 7.97. The van der Waals surface area contributed by atoms with Crippen molar-refractivity contribution in [2.24, 2.45) is 10.2 Å². The van der Waals surface area contributed by atoms with Crippen molar-refractivity contribution in [2.45, 2.75) is 0 Å². The van der Waals surface area contributed by atoms with Crippen molar-refractivity contribution in [1.82, 2.24) is 4.90 Å². The van der Waals surface area contributed by atoms with Crippen LogP contribution in [0.25, 0.3) is 0 Å². The summed E-state index contributed by atoms with van der Waals surface area (Å²) in [6.45, 7) is 0.781. The molecule has 2 aliphatic heterocycles. The molecule has 0 fully saturated rings. The maximum atomic E-state index is 4.26. The van der Waals surface area contributed by atoms with Gasteiger partial charge < -0.3 is 4.90 Å². The topological polar surface area (TPSA) is 28.0 Å². The van der Waals surface area contributed by atoms with Crippen LogP contribution >= 0.6 is 17.0 Å². The Morgan fingerprint density at radius 1 is 1.00 bits per heavy atom. The van der Waals surface area contributed by atoms with Gasteiger partial charge in [-0.05, 0) is 17.7 Å². The molecule has 1 aromatic carbocycles. The molecule has 0 aromatic heterocycles. The fourth-order valence-corrected chi connectivity index (χ4v) is 1.78. The molecule has 2 aliphatic rings. The third-order valence-electron chi connectivity index (χ3n) is 2.62. The van der Waals surface area contributed by atoms with Crippen molar-refractivity contribution in [3.63, 3.8) is 0 Å². The zero-order chi connectivity index (χ0) is 10.8. The van der Waals surface area contributed by atoms with E-state index in [1.165, 1.54) is 0 Å². The van der Waals surface area contributed by atoms with Gasteiger partial charge in [0.15, 0.2) is 5.84 Å². The lowest BCUT2D eigenvalue weighted by Gasteiger charge is -2.25. The Balaban J connectivity index is 0.00000108. The molecule has 4 heteroatoms. The average molecular weight is 290 g/mol. The summed E-state index contributed by atoms with van der Waals surface area (Å²) < 4.78 is 0. The maximum Gasteiger partial charge on any atom is 0.155 e. The van der Waals surface area contributed by atoms with Crippen LogP contribution in [-0.4, -0.2) is 23.0 Å². The van der Waals surface area contributed by atoms with E-state index >= 15 is 0 Å². The van der Waals surface area contributed by atoms with E-state index in [1.807, 2.05) is 42.6 Å². The molecular formula is C13H12BrN3. The van der Waals surface area contributed by atoms with E-state index in [0.717, 1.165) is 23.7 Å². The van der Waals surface area contributed by atoms with Gasteiger partial charge in [-0.25, -0.2) is 0 Å². The number of fused-ring (bicyclic) bond motifs is 1. The van der Waals surface area contributed by atoms with Crippen LogP contribution < -0.4 is 0 Å². The molecule has 0 saturated heterocycles. The van der Waals surface area contributed by atoms with E-state index in [0.29, 0.717) is 0 Å². The first-order chi connectivity index (χ1) is 7.93. The smallest absolute Gasteiger partial charge is 0.155 e. The van der Waals surface area contributed by atoms with Gasteiger partial charge in [0.1, 0.15) is 0 Å². The summed E-state index contributed by atoms with van der Waals surface area (Å²) in [6, 6.07) is 10.2. The monoisotopic (exact) mass is 289 g/mol. The molecule has 3 nitrogen and oxygen atoms in total. The summed E-state index contributed by atoms with van der Waals surface area (Å²) in [4.78, 5) is 2.09. The lowest BCUT2D eigenvalue weighted by molar-refractivity contribution is 0.625. The normalized spacial score (nSPS) is 16.8. The summed E-state index contributed by atoms with van der Waals surface area (Å²) in [5.74, 6) is 0.905. The highest BCUT2D eigenvalue weighted by molar-refractivity contribution is 8.93. The highest BCUT2D eigenvalue weighted by atomic mass is 79.9. The second kappa shape index (κ2) is 5.10. The highest BCUT2D eigenvalue weighted by Crippen LogP contribution is 2.12. The molecule has 0 atom stereocenters. The molecule has 0 spiro atoms. The molecule has 17 heavy (non-hydrogen) atoms. The van der Waals surface area contributed by atoms with Crippen molar-refractivity contribution >= 4 is 28.5 Å². The summed E-state index contributed by atoms with van der Waals surface area (Å²) in [7, 11) is 0. The Morgan fingerprint density at radius 2 is 1.82 bits per heavy atom. The van der Waals surface area contributed by atoms with Gasteiger partial charge in [0.05, 0.1) is 12.3 Å². The van der Waals surface area contributed by atoms with Gasteiger partial charge in [-0.2, -0.15) is 5.10 Å². The molecule has 0 unspecified atom stereocenters. The molecule has 0 bridgehead atoms. The Kier molecular flexibility index (Phi) is 3.54. The number of allylic oxidation sites excluding steroid dienone is 2. The Morgan fingerprint density at radius 3 is 2.65 bits per heavy atom. The fraction of sp³-hybridized carbons (Fsp3) is 0.0769. The molecule has 0 radical (unpaired) electrons. The van der Waals surface area contributed by atoms with E-state index in [2.05, 4.69) is 27.2 Å². The van der Waals surface area contributed by atoms with Gasteiger partial charge in [-0.3, -0.25) is 0 Å². The van der Waals surface area contributed by atoms with Crippen molar-refractivity contribution in [3.8, 4) is 0 Å². The predicted molar refractivity (Wildman–Crippen MR) is 75.7 cm³/mol. The molecule has 86 valence electrons. The molecule has 1 aromatic rings. The van der Waals surface area contributed by atoms with Crippen LogP contribution in [0, 0.1) is 0 Å². The van der Waals surface area contributed by atoms with Crippen molar-refractivity contribution in [1.29, 1.82) is 0 Å².